The number of ether oxygens (including phenoxy) is 1. The van der Waals surface area contributed by atoms with Gasteiger partial charge >= 0.3 is 5.97 Å². The van der Waals surface area contributed by atoms with E-state index in [1.165, 1.54) is 39.2 Å². The highest BCUT2D eigenvalue weighted by molar-refractivity contribution is 5.87. The minimum absolute atomic E-state index is 0.181. The standard InChI is InChI=1S/C12H18O2/c1-9(11(13)14-2)6-10-7-12(8-10)4-3-5-12/h6,10H,3-5,7-8H2,1-2H3/b9-6+. The molecular formula is C12H18O2. The molecule has 2 aliphatic carbocycles. The lowest BCUT2D eigenvalue weighted by atomic mass is 9.52. The van der Waals surface area contributed by atoms with Crippen molar-refractivity contribution >= 4 is 5.97 Å². The van der Waals surface area contributed by atoms with Crippen molar-refractivity contribution in [2.75, 3.05) is 7.11 Å². The molecule has 78 valence electrons. The van der Waals surface area contributed by atoms with Crippen LogP contribution < -0.4 is 0 Å². The molecule has 0 saturated heterocycles. The fraction of sp³-hybridized carbons (Fsp3) is 0.750. The van der Waals surface area contributed by atoms with Gasteiger partial charge in [0, 0.05) is 5.57 Å². The van der Waals surface area contributed by atoms with Crippen LogP contribution in [0.15, 0.2) is 11.6 Å². The summed E-state index contributed by atoms with van der Waals surface area (Å²) in [6, 6.07) is 0. The molecular weight excluding hydrogens is 176 g/mol. The first-order valence-electron chi connectivity index (χ1n) is 5.42. The number of rotatable bonds is 2. The normalized spacial score (nSPS) is 25.4. The molecule has 0 atom stereocenters. The van der Waals surface area contributed by atoms with Gasteiger partial charge in [-0.3, -0.25) is 0 Å². The average molecular weight is 194 g/mol. The van der Waals surface area contributed by atoms with E-state index < -0.39 is 0 Å². The van der Waals surface area contributed by atoms with Crippen LogP contribution in [0, 0.1) is 11.3 Å². The van der Waals surface area contributed by atoms with E-state index in [1.807, 2.05) is 6.92 Å². The van der Waals surface area contributed by atoms with Gasteiger partial charge in [-0.1, -0.05) is 12.5 Å². The molecule has 0 amide bonds. The van der Waals surface area contributed by atoms with Crippen LogP contribution in [0.25, 0.3) is 0 Å². The molecule has 0 unspecified atom stereocenters. The first-order chi connectivity index (χ1) is 6.65. The van der Waals surface area contributed by atoms with E-state index in [0.717, 1.165) is 5.57 Å². The molecule has 0 aromatic rings. The van der Waals surface area contributed by atoms with Gasteiger partial charge in [-0.25, -0.2) is 4.79 Å². The molecule has 2 aliphatic rings. The van der Waals surface area contributed by atoms with Crippen molar-refractivity contribution in [1.29, 1.82) is 0 Å². The largest absolute Gasteiger partial charge is 0.466 e. The summed E-state index contributed by atoms with van der Waals surface area (Å²) in [6.45, 7) is 1.84. The SMILES string of the molecule is COC(=O)/C(C)=C/C1CC2(CCC2)C1. The zero-order valence-electron chi connectivity index (χ0n) is 9.01. The molecule has 2 saturated carbocycles. The Kier molecular flexibility index (Phi) is 2.38. The van der Waals surface area contributed by atoms with Gasteiger partial charge in [-0.05, 0) is 43.9 Å². The number of carbonyl (C=O) groups excluding carboxylic acids is 1. The molecule has 2 rings (SSSR count). The van der Waals surface area contributed by atoms with Gasteiger partial charge in [0.15, 0.2) is 0 Å². The van der Waals surface area contributed by atoms with Gasteiger partial charge in [0.1, 0.15) is 0 Å². The van der Waals surface area contributed by atoms with Crippen LogP contribution in [0.3, 0.4) is 0 Å². The molecule has 2 heteroatoms. The van der Waals surface area contributed by atoms with Gasteiger partial charge in [-0.15, -0.1) is 0 Å². The minimum Gasteiger partial charge on any atom is -0.466 e. The van der Waals surface area contributed by atoms with E-state index >= 15 is 0 Å². The second-order valence-corrected chi connectivity index (χ2v) is 4.86. The molecule has 0 radical (unpaired) electrons. The molecule has 2 nitrogen and oxygen atoms in total. The van der Waals surface area contributed by atoms with Crippen LogP contribution in [-0.2, 0) is 9.53 Å². The van der Waals surface area contributed by atoms with E-state index in [1.54, 1.807) is 0 Å². The van der Waals surface area contributed by atoms with Crippen molar-refractivity contribution in [3.63, 3.8) is 0 Å². The highest BCUT2D eigenvalue weighted by Gasteiger charge is 2.47. The summed E-state index contributed by atoms with van der Waals surface area (Å²) in [7, 11) is 1.44. The Hall–Kier alpha value is -0.790. The van der Waals surface area contributed by atoms with Crippen molar-refractivity contribution < 1.29 is 9.53 Å². The van der Waals surface area contributed by atoms with Crippen molar-refractivity contribution in [1.82, 2.24) is 0 Å². The number of methoxy groups -OCH3 is 1. The Morgan fingerprint density at radius 3 is 2.50 bits per heavy atom. The van der Waals surface area contributed by atoms with Gasteiger partial charge in [0.25, 0.3) is 0 Å². The monoisotopic (exact) mass is 194 g/mol. The Labute approximate surface area is 85.3 Å². The molecule has 0 N–H and O–H groups in total. The zero-order chi connectivity index (χ0) is 10.2. The third kappa shape index (κ3) is 1.58. The molecule has 1 spiro atoms. The predicted octanol–water partition coefficient (Wildman–Crippen LogP) is 2.69. The van der Waals surface area contributed by atoms with E-state index in [0.29, 0.717) is 11.3 Å². The van der Waals surface area contributed by atoms with Crippen LogP contribution in [0.2, 0.25) is 0 Å². The van der Waals surface area contributed by atoms with Crippen LogP contribution in [0.1, 0.15) is 39.0 Å². The number of carbonyl (C=O) groups is 1. The molecule has 0 aliphatic heterocycles. The highest BCUT2D eigenvalue weighted by Crippen LogP contribution is 2.59. The smallest absolute Gasteiger partial charge is 0.333 e. The molecule has 0 aromatic carbocycles. The molecule has 2 fully saturated rings. The number of hydrogen-bond donors (Lipinski definition) is 0. The average Bonchev–Trinajstić information content (AvgIpc) is 2.05. The summed E-state index contributed by atoms with van der Waals surface area (Å²) in [6.07, 6.45) is 8.91. The molecule has 0 bridgehead atoms. The number of hydrogen-bond acceptors (Lipinski definition) is 2. The number of esters is 1. The zero-order valence-corrected chi connectivity index (χ0v) is 9.01. The van der Waals surface area contributed by atoms with E-state index in [4.69, 9.17) is 0 Å². The van der Waals surface area contributed by atoms with E-state index in [9.17, 15) is 4.79 Å². The van der Waals surface area contributed by atoms with Gasteiger partial charge in [0.05, 0.1) is 7.11 Å². The summed E-state index contributed by atoms with van der Waals surface area (Å²) in [5.74, 6) is 0.453. The van der Waals surface area contributed by atoms with Gasteiger partial charge < -0.3 is 4.74 Å². The third-order valence-electron chi connectivity index (χ3n) is 3.80. The Morgan fingerprint density at radius 1 is 1.43 bits per heavy atom. The second kappa shape index (κ2) is 3.41. The second-order valence-electron chi connectivity index (χ2n) is 4.86. The summed E-state index contributed by atoms with van der Waals surface area (Å²) in [5.41, 5.74) is 1.46. The summed E-state index contributed by atoms with van der Waals surface area (Å²) in [4.78, 5) is 11.1. The van der Waals surface area contributed by atoms with Crippen molar-refractivity contribution in [2.45, 2.75) is 39.0 Å². The van der Waals surface area contributed by atoms with Crippen molar-refractivity contribution in [3.8, 4) is 0 Å². The molecule has 14 heavy (non-hydrogen) atoms. The summed E-state index contributed by atoms with van der Waals surface area (Å²) < 4.78 is 4.67. The lowest BCUT2D eigenvalue weighted by molar-refractivity contribution is -0.136. The topological polar surface area (TPSA) is 26.3 Å². The maximum absolute atomic E-state index is 11.1. The molecule has 0 heterocycles. The van der Waals surface area contributed by atoms with E-state index in [-0.39, 0.29) is 5.97 Å². The Morgan fingerprint density at radius 2 is 2.07 bits per heavy atom. The summed E-state index contributed by atoms with van der Waals surface area (Å²) in [5, 5.41) is 0. The first kappa shape index (κ1) is 9.75. The fourth-order valence-electron chi connectivity index (χ4n) is 2.84. The maximum atomic E-state index is 11.1. The van der Waals surface area contributed by atoms with Gasteiger partial charge in [0.2, 0.25) is 0 Å². The van der Waals surface area contributed by atoms with Crippen LogP contribution in [0.4, 0.5) is 0 Å². The van der Waals surface area contributed by atoms with Gasteiger partial charge in [-0.2, -0.15) is 0 Å². The third-order valence-corrected chi connectivity index (χ3v) is 3.80. The predicted molar refractivity (Wildman–Crippen MR) is 54.8 cm³/mol. The Bertz CT molecular complexity index is 266. The Balaban J connectivity index is 1.85. The lowest BCUT2D eigenvalue weighted by Gasteiger charge is -2.53. The number of allylic oxidation sites excluding steroid dienone is 1. The first-order valence-corrected chi connectivity index (χ1v) is 5.42. The quantitative estimate of drug-likeness (QED) is 0.499. The van der Waals surface area contributed by atoms with Crippen molar-refractivity contribution in [3.05, 3.63) is 11.6 Å². The van der Waals surface area contributed by atoms with Crippen LogP contribution in [-0.4, -0.2) is 13.1 Å². The summed E-state index contributed by atoms with van der Waals surface area (Å²) >= 11 is 0. The minimum atomic E-state index is -0.181. The lowest BCUT2D eigenvalue weighted by Crippen LogP contribution is -2.42. The fourth-order valence-corrected chi connectivity index (χ4v) is 2.84. The van der Waals surface area contributed by atoms with E-state index in [2.05, 4.69) is 10.8 Å². The van der Waals surface area contributed by atoms with Crippen molar-refractivity contribution in [2.24, 2.45) is 11.3 Å². The maximum Gasteiger partial charge on any atom is 0.333 e. The molecule has 0 aromatic heterocycles. The van der Waals surface area contributed by atoms with Crippen LogP contribution >= 0.6 is 0 Å². The van der Waals surface area contributed by atoms with Crippen LogP contribution in [0.5, 0.6) is 0 Å². The highest BCUT2D eigenvalue weighted by atomic mass is 16.5.